The van der Waals surface area contributed by atoms with Gasteiger partial charge in [-0.1, -0.05) is 28.1 Å². The normalized spacial score (nSPS) is 13.6. The van der Waals surface area contributed by atoms with Crippen LogP contribution in [-0.4, -0.2) is 39.0 Å². The summed E-state index contributed by atoms with van der Waals surface area (Å²) in [5, 5.41) is 16.4. The van der Waals surface area contributed by atoms with Crippen molar-refractivity contribution >= 4 is 27.7 Å². The predicted molar refractivity (Wildman–Crippen MR) is 124 cm³/mol. The zero-order valence-corrected chi connectivity index (χ0v) is 19.5. The van der Waals surface area contributed by atoms with E-state index in [9.17, 15) is 4.79 Å². The van der Waals surface area contributed by atoms with E-state index in [-0.39, 0.29) is 5.91 Å². The molecule has 0 aliphatic carbocycles. The van der Waals surface area contributed by atoms with Gasteiger partial charge in [-0.15, -0.1) is 10.2 Å². The standard InChI is InChI=1S/C23H27BrN6O/c1-16-20(9-12-23(31)25-15-18-5-7-19(24)8-6-18)17(2)30(28-16)22-11-10-21(26-27-22)29-13-3-4-14-29/h5-8,10-11H,3-4,9,12-15H2,1-2H3,(H,25,31). The van der Waals surface area contributed by atoms with E-state index in [1.807, 2.05) is 54.9 Å². The van der Waals surface area contributed by atoms with Crippen LogP contribution in [-0.2, 0) is 17.8 Å². The lowest BCUT2D eigenvalue weighted by Gasteiger charge is -2.15. The molecule has 1 fully saturated rings. The van der Waals surface area contributed by atoms with E-state index >= 15 is 0 Å². The molecule has 3 aromatic rings. The van der Waals surface area contributed by atoms with Crippen molar-refractivity contribution < 1.29 is 4.79 Å². The number of aromatic nitrogens is 4. The number of benzene rings is 1. The predicted octanol–water partition coefficient (Wildman–Crippen LogP) is 3.89. The van der Waals surface area contributed by atoms with Gasteiger partial charge in [0.1, 0.15) is 0 Å². The quantitative estimate of drug-likeness (QED) is 0.552. The first-order valence-electron chi connectivity index (χ1n) is 10.7. The van der Waals surface area contributed by atoms with Gasteiger partial charge in [0.05, 0.1) is 5.69 Å². The number of anilines is 1. The van der Waals surface area contributed by atoms with Crippen molar-refractivity contribution in [2.24, 2.45) is 0 Å². The minimum absolute atomic E-state index is 0.0317. The number of amides is 1. The number of rotatable bonds is 7. The highest BCUT2D eigenvalue weighted by Gasteiger charge is 2.17. The first-order valence-corrected chi connectivity index (χ1v) is 11.5. The van der Waals surface area contributed by atoms with Crippen LogP contribution in [0.15, 0.2) is 40.9 Å². The summed E-state index contributed by atoms with van der Waals surface area (Å²) < 4.78 is 2.85. The second-order valence-electron chi connectivity index (χ2n) is 7.91. The van der Waals surface area contributed by atoms with Crippen molar-refractivity contribution in [3.05, 3.63) is 63.4 Å². The van der Waals surface area contributed by atoms with Gasteiger partial charge in [-0.3, -0.25) is 4.79 Å². The molecule has 31 heavy (non-hydrogen) atoms. The molecule has 0 bridgehead atoms. The van der Waals surface area contributed by atoms with Crippen LogP contribution < -0.4 is 10.2 Å². The topological polar surface area (TPSA) is 75.9 Å². The summed E-state index contributed by atoms with van der Waals surface area (Å²) >= 11 is 3.42. The lowest BCUT2D eigenvalue weighted by Crippen LogP contribution is -2.23. The monoisotopic (exact) mass is 482 g/mol. The molecule has 0 radical (unpaired) electrons. The lowest BCUT2D eigenvalue weighted by atomic mass is 10.1. The molecule has 7 nitrogen and oxygen atoms in total. The summed E-state index contributed by atoms with van der Waals surface area (Å²) in [6, 6.07) is 11.9. The largest absolute Gasteiger partial charge is 0.355 e. The molecule has 1 aliphatic heterocycles. The maximum absolute atomic E-state index is 12.3. The molecule has 0 spiro atoms. The van der Waals surface area contributed by atoms with Crippen LogP contribution in [0.5, 0.6) is 0 Å². The SMILES string of the molecule is Cc1nn(-c2ccc(N3CCCC3)nn2)c(C)c1CCC(=O)NCc1ccc(Br)cc1. The second kappa shape index (κ2) is 9.60. The highest BCUT2D eigenvalue weighted by molar-refractivity contribution is 9.10. The molecular formula is C23H27BrN6O. The van der Waals surface area contributed by atoms with E-state index in [4.69, 9.17) is 0 Å². The number of aryl methyl sites for hydroxylation is 1. The Morgan fingerprint density at radius 1 is 1.03 bits per heavy atom. The lowest BCUT2D eigenvalue weighted by molar-refractivity contribution is -0.121. The number of nitrogens with one attached hydrogen (secondary N) is 1. The number of halogens is 1. The van der Waals surface area contributed by atoms with Crippen LogP contribution in [0, 0.1) is 13.8 Å². The molecule has 2 aromatic heterocycles. The first kappa shape index (κ1) is 21.5. The highest BCUT2D eigenvalue weighted by atomic mass is 79.9. The Labute approximate surface area is 191 Å². The third-order valence-corrected chi connectivity index (χ3v) is 6.26. The van der Waals surface area contributed by atoms with E-state index in [0.29, 0.717) is 25.2 Å². The van der Waals surface area contributed by atoms with Gasteiger partial charge in [0, 0.05) is 36.2 Å². The van der Waals surface area contributed by atoms with Crippen molar-refractivity contribution in [2.45, 2.75) is 46.1 Å². The van der Waals surface area contributed by atoms with Crippen molar-refractivity contribution in [1.29, 1.82) is 0 Å². The van der Waals surface area contributed by atoms with Gasteiger partial charge in [-0.2, -0.15) is 5.10 Å². The maximum atomic E-state index is 12.3. The molecule has 162 valence electrons. The van der Waals surface area contributed by atoms with Gasteiger partial charge in [-0.05, 0) is 68.5 Å². The zero-order chi connectivity index (χ0) is 21.8. The first-order chi connectivity index (χ1) is 15.0. The molecule has 0 saturated carbocycles. The van der Waals surface area contributed by atoms with Crippen molar-refractivity contribution in [2.75, 3.05) is 18.0 Å². The van der Waals surface area contributed by atoms with Crippen molar-refractivity contribution in [3.63, 3.8) is 0 Å². The van der Waals surface area contributed by atoms with Gasteiger partial charge in [0.15, 0.2) is 11.6 Å². The Bertz CT molecular complexity index is 1040. The van der Waals surface area contributed by atoms with E-state index in [2.05, 4.69) is 41.4 Å². The van der Waals surface area contributed by atoms with Gasteiger partial charge < -0.3 is 10.2 Å². The van der Waals surface area contributed by atoms with Gasteiger partial charge >= 0.3 is 0 Å². The smallest absolute Gasteiger partial charge is 0.220 e. The number of hydrogen-bond acceptors (Lipinski definition) is 5. The van der Waals surface area contributed by atoms with Crippen LogP contribution >= 0.6 is 15.9 Å². The molecular weight excluding hydrogens is 456 g/mol. The average molecular weight is 483 g/mol. The number of nitrogens with zero attached hydrogens (tertiary/aromatic N) is 5. The van der Waals surface area contributed by atoms with E-state index in [1.54, 1.807) is 0 Å². The molecule has 1 aliphatic rings. The van der Waals surface area contributed by atoms with Crippen molar-refractivity contribution in [3.8, 4) is 5.82 Å². The summed E-state index contributed by atoms with van der Waals surface area (Å²) in [6.45, 7) is 6.61. The fourth-order valence-corrected chi connectivity index (χ4v) is 4.20. The Morgan fingerprint density at radius 2 is 1.71 bits per heavy atom. The van der Waals surface area contributed by atoms with Gasteiger partial charge in [-0.25, -0.2) is 4.68 Å². The summed E-state index contributed by atoms with van der Waals surface area (Å²) in [6.07, 6.45) is 3.48. The molecule has 4 rings (SSSR count). The van der Waals surface area contributed by atoms with Crippen LogP contribution in [0.3, 0.4) is 0 Å². The number of carbonyl (C=O) groups is 1. The summed E-state index contributed by atoms with van der Waals surface area (Å²) in [5.74, 6) is 1.66. The third kappa shape index (κ3) is 5.12. The van der Waals surface area contributed by atoms with E-state index in [0.717, 1.165) is 45.9 Å². The maximum Gasteiger partial charge on any atom is 0.220 e. The third-order valence-electron chi connectivity index (χ3n) is 5.73. The minimum Gasteiger partial charge on any atom is -0.355 e. The van der Waals surface area contributed by atoms with Gasteiger partial charge in [0.2, 0.25) is 5.91 Å². The fourth-order valence-electron chi connectivity index (χ4n) is 3.94. The fraction of sp³-hybridized carbons (Fsp3) is 0.391. The molecule has 1 amide bonds. The Morgan fingerprint density at radius 3 is 2.39 bits per heavy atom. The van der Waals surface area contributed by atoms with Crippen LogP contribution in [0.1, 0.15) is 41.8 Å². The molecule has 8 heteroatoms. The van der Waals surface area contributed by atoms with E-state index < -0.39 is 0 Å². The second-order valence-corrected chi connectivity index (χ2v) is 8.82. The summed E-state index contributed by atoms with van der Waals surface area (Å²) in [4.78, 5) is 14.6. The molecule has 3 heterocycles. The molecule has 1 N–H and O–H groups in total. The van der Waals surface area contributed by atoms with Crippen LogP contribution in [0.25, 0.3) is 5.82 Å². The Hall–Kier alpha value is -2.74. The van der Waals surface area contributed by atoms with Crippen LogP contribution in [0.4, 0.5) is 5.82 Å². The number of hydrogen-bond donors (Lipinski definition) is 1. The minimum atomic E-state index is 0.0317. The molecule has 1 aromatic carbocycles. The van der Waals surface area contributed by atoms with Gasteiger partial charge in [0.25, 0.3) is 0 Å². The highest BCUT2D eigenvalue weighted by Crippen LogP contribution is 2.21. The number of carbonyl (C=O) groups excluding carboxylic acids is 1. The Balaban J connectivity index is 1.37. The summed E-state index contributed by atoms with van der Waals surface area (Å²) in [5.41, 5.74) is 4.09. The molecule has 1 saturated heterocycles. The molecule has 0 atom stereocenters. The van der Waals surface area contributed by atoms with E-state index in [1.165, 1.54) is 12.8 Å². The van der Waals surface area contributed by atoms with Crippen LogP contribution in [0.2, 0.25) is 0 Å². The Kier molecular flexibility index (Phi) is 6.65. The average Bonchev–Trinajstić information content (AvgIpc) is 3.41. The summed E-state index contributed by atoms with van der Waals surface area (Å²) in [7, 11) is 0. The van der Waals surface area contributed by atoms with Crippen molar-refractivity contribution in [1.82, 2.24) is 25.3 Å². The zero-order valence-electron chi connectivity index (χ0n) is 17.9. The molecule has 0 unspecified atom stereocenters.